The van der Waals surface area contributed by atoms with E-state index in [0.29, 0.717) is 36.2 Å². The molecular formula is C19H19ClO4. The minimum atomic E-state index is -0.569. The summed E-state index contributed by atoms with van der Waals surface area (Å²) in [6, 6.07) is 13.4. The van der Waals surface area contributed by atoms with Gasteiger partial charge < -0.3 is 14.2 Å². The molecule has 1 atom stereocenters. The number of carbonyl (C=O) groups is 1. The van der Waals surface area contributed by atoms with Gasteiger partial charge in [-0.2, -0.15) is 0 Å². The van der Waals surface area contributed by atoms with E-state index in [-0.39, 0.29) is 5.97 Å². The maximum Gasteiger partial charge on any atom is 0.347 e. The molecule has 0 saturated heterocycles. The van der Waals surface area contributed by atoms with Crippen LogP contribution in [0.25, 0.3) is 0 Å². The van der Waals surface area contributed by atoms with E-state index < -0.39 is 6.10 Å². The maximum atomic E-state index is 11.9. The fraction of sp³-hybridized carbons (Fsp3) is 0.316. The number of ether oxygens (including phenoxy) is 3. The fourth-order valence-electron chi connectivity index (χ4n) is 2.63. The highest BCUT2D eigenvalue weighted by molar-refractivity contribution is 6.32. The smallest absolute Gasteiger partial charge is 0.347 e. The molecule has 0 fully saturated rings. The lowest BCUT2D eigenvalue weighted by molar-refractivity contribution is -0.152. The Morgan fingerprint density at radius 1 is 1.29 bits per heavy atom. The van der Waals surface area contributed by atoms with Gasteiger partial charge in [-0.3, -0.25) is 0 Å². The molecular weight excluding hydrogens is 328 g/mol. The van der Waals surface area contributed by atoms with Crippen molar-refractivity contribution >= 4 is 17.6 Å². The van der Waals surface area contributed by atoms with Gasteiger partial charge >= 0.3 is 5.97 Å². The van der Waals surface area contributed by atoms with Crippen molar-refractivity contribution in [2.45, 2.75) is 32.5 Å². The molecule has 0 N–H and O–H groups in total. The van der Waals surface area contributed by atoms with E-state index in [4.69, 9.17) is 25.8 Å². The highest BCUT2D eigenvalue weighted by Crippen LogP contribution is 2.37. The third-order valence-electron chi connectivity index (χ3n) is 3.85. The molecule has 2 aromatic carbocycles. The Labute approximate surface area is 146 Å². The Hall–Kier alpha value is -2.20. The zero-order valence-corrected chi connectivity index (χ0v) is 14.2. The highest BCUT2D eigenvalue weighted by atomic mass is 35.5. The van der Waals surface area contributed by atoms with Gasteiger partial charge in [0.15, 0.2) is 6.10 Å². The van der Waals surface area contributed by atoms with Gasteiger partial charge in [-0.1, -0.05) is 41.9 Å². The topological polar surface area (TPSA) is 44.8 Å². The summed E-state index contributed by atoms with van der Waals surface area (Å²) >= 11 is 6.30. The molecule has 3 rings (SSSR count). The average Bonchev–Trinajstić information content (AvgIpc) is 2.60. The van der Waals surface area contributed by atoms with Crippen LogP contribution in [0.4, 0.5) is 0 Å². The van der Waals surface area contributed by atoms with Crippen LogP contribution in [0.3, 0.4) is 0 Å². The van der Waals surface area contributed by atoms with Crippen LogP contribution in [0.1, 0.15) is 24.5 Å². The van der Waals surface area contributed by atoms with E-state index in [0.717, 1.165) is 17.5 Å². The van der Waals surface area contributed by atoms with Crippen molar-refractivity contribution in [3.63, 3.8) is 0 Å². The van der Waals surface area contributed by atoms with Crippen LogP contribution in [0.15, 0.2) is 42.5 Å². The summed E-state index contributed by atoms with van der Waals surface area (Å²) < 4.78 is 16.6. The molecule has 1 aliphatic heterocycles. The molecule has 24 heavy (non-hydrogen) atoms. The van der Waals surface area contributed by atoms with E-state index in [9.17, 15) is 4.79 Å². The Balaban J connectivity index is 1.73. The van der Waals surface area contributed by atoms with E-state index in [1.165, 1.54) is 0 Å². The van der Waals surface area contributed by atoms with Crippen LogP contribution in [0, 0.1) is 0 Å². The second-order valence-electron chi connectivity index (χ2n) is 5.56. The standard InChI is InChI=1S/C19H19ClO4/c1-2-22-19(21)16-9-8-14-10-15(20)18(11-17(14)24-16)23-12-13-6-4-3-5-7-13/h3-7,10-11,16H,2,8-9,12H2,1H3. The fourth-order valence-corrected chi connectivity index (χ4v) is 2.87. The first-order chi connectivity index (χ1) is 11.7. The van der Waals surface area contributed by atoms with Gasteiger partial charge in [0, 0.05) is 6.07 Å². The molecule has 1 unspecified atom stereocenters. The SMILES string of the molecule is CCOC(=O)C1CCc2cc(Cl)c(OCc3ccccc3)cc2O1. The largest absolute Gasteiger partial charge is 0.487 e. The molecule has 0 aliphatic carbocycles. The normalized spacial score (nSPS) is 16.0. The Morgan fingerprint density at radius 2 is 2.08 bits per heavy atom. The van der Waals surface area contributed by atoms with Gasteiger partial charge in [-0.25, -0.2) is 4.79 Å². The number of hydrogen-bond donors (Lipinski definition) is 0. The number of aryl methyl sites for hydroxylation is 1. The second kappa shape index (κ2) is 7.58. The summed E-state index contributed by atoms with van der Waals surface area (Å²) in [5.41, 5.74) is 2.03. The lowest BCUT2D eigenvalue weighted by Gasteiger charge is -2.25. The lowest BCUT2D eigenvalue weighted by Crippen LogP contribution is -2.32. The van der Waals surface area contributed by atoms with Crippen LogP contribution in [0.5, 0.6) is 11.5 Å². The quantitative estimate of drug-likeness (QED) is 0.762. The molecule has 0 amide bonds. The maximum absolute atomic E-state index is 11.9. The second-order valence-corrected chi connectivity index (χ2v) is 5.97. The number of esters is 1. The van der Waals surface area contributed by atoms with Gasteiger partial charge in [0.25, 0.3) is 0 Å². The van der Waals surface area contributed by atoms with Gasteiger partial charge in [-0.15, -0.1) is 0 Å². The molecule has 1 aliphatic rings. The van der Waals surface area contributed by atoms with Gasteiger partial charge in [0.05, 0.1) is 11.6 Å². The molecule has 1 heterocycles. The minimum absolute atomic E-state index is 0.329. The van der Waals surface area contributed by atoms with Crippen molar-refractivity contribution in [3.8, 4) is 11.5 Å². The van der Waals surface area contributed by atoms with Gasteiger partial charge in [0.2, 0.25) is 0 Å². The van der Waals surface area contributed by atoms with Crippen molar-refractivity contribution in [2.75, 3.05) is 6.61 Å². The molecule has 0 bridgehead atoms. The minimum Gasteiger partial charge on any atom is -0.487 e. The van der Waals surface area contributed by atoms with Crippen LogP contribution in [-0.2, 0) is 22.6 Å². The third kappa shape index (κ3) is 3.82. The zero-order chi connectivity index (χ0) is 16.9. The van der Waals surface area contributed by atoms with Gasteiger partial charge in [-0.05, 0) is 37.0 Å². The van der Waals surface area contributed by atoms with E-state index >= 15 is 0 Å². The summed E-state index contributed by atoms with van der Waals surface area (Å²) in [5, 5.41) is 0.544. The summed E-state index contributed by atoms with van der Waals surface area (Å²) in [6.07, 6.45) is 0.741. The van der Waals surface area contributed by atoms with Crippen LogP contribution in [0.2, 0.25) is 5.02 Å². The molecule has 0 radical (unpaired) electrons. The highest BCUT2D eigenvalue weighted by Gasteiger charge is 2.28. The van der Waals surface area contributed by atoms with Crippen molar-refractivity contribution in [1.82, 2.24) is 0 Å². The molecule has 0 saturated carbocycles. The first-order valence-corrected chi connectivity index (χ1v) is 8.37. The zero-order valence-electron chi connectivity index (χ0n) is 13.5. The van der Waals surface area contributed by atoms with Crippen LogP contribution in [-0.4, -0.2) is 18.7 Å². The first kappa shape index (κ1) is 16.7. The van der Waals surface area contributed by atoms with E-state index in [1.807, 2.05) is 36.4 Å². The summed E-state index contributed by atoms with van der Waals surface area (Å²) in [6.45, 7) is 2.54. The Morgan fingerprint density at radius 3 is 2.83 bits per heavy atom. The van der Waals surface area contributed by atoms with Crippen LogP contribution >= 0.6 is 11.6 Å². The number of benzene rings is 2. The Bertz CT molecular complexity index is 715. The predicted molar refractivity (Wildman–Crippen MR) is 91.6 cm³/mol. The number of halogens is 1. The van der Waals surface area contributed by atoms with Crippen molar-refractivity contribution in [3.05, 3.63) is 58.6 Å². The summed E-state index contributed by atoms with van der Waals surface area (Å²) in [7, 11) is 0. The first-order valence-electron chi connectivity index (χ1n) is 8.00. The number of rotatable bonds is 5. The molecule has 4 nitrogen and oxygen atoms in total. The van der Waals surface area contributed by atoms with Gasteiger partial charge in [0.1, 0.15) is 18.1 Å². The molecule has 2 aromatic rings. The molecule has 0 spiro atoms. The van der Waals surface area contributed by atoms with Crippen molar-refractivity contribution in [2.24, 2.45) is 0 Å². The van der Waals surface area contributed by atoms with E-state index in [2.05, 4.69) is 0 Å². The summed E-state index contributed by atoms with van der Waals surface area (Å²) in [4.78, 5) is 11.9. The van der Waals surface area contributed by atoms with E-state index in [1.54, 1.807) is 13.0 Å². The monoisotopic (exact) mass is 346 g/mol. The summed E-state index contributed by atoms with van der Waals surface area (Å²) in [5.74, 6) is 0.848. The predicted octanol–water partition coefficient (Wildman–Crippen LogP) is 4.18. The van der Waals surface area contributed by atoms with Crippen LogP contribution < -0.4 is 9.47 Å². The lowest BCUT2D eigenvalue weighted by atomic mass is 10.0. The van der Waals surface area contributed by atoms with Crippen molar-refractivity contribution < 1.29 is 19.0 Å². The molecule has 126 valence electrons. The third-order valence-corrected chi connectivity index (χ3v) is 4.14. The number of fused-ring (bicyclic) bond motifs is 1. The van der Waals surface area contributed by atoms with Crippen molar-refractivity contribution in [1.29, 1.82) is 0 Å². The Kier molecular flexibility index (Phi) is 5.26. The molecule has 5 heteroatoms. The number of hydrogen-bond acceptors (Lipinski definition) is 4. The average molecular weight is 347 g/mol. The number of carbonyl (C=O) groups excluding carboxylic acids is 1. The molecule has 0 aromatic heterocycles.